The lowest BCUT2D eigenvalue weighted by atomic mass is 10.2. The van der Waals surface area contributed by atoms with Crippen molar-refractivity contribution < 1.29 is 9.59 Å². The highest BCUT2D eigenvalue weighted by molar-refractivity contribution is 5.95. The molecule has 0 saturated carbocycles. The van der Waals surface area contributed by atoms with Crippen molar-refractivity contribution >= 4 is 35.6 Å². The lowest BCUT2D eigenvalue weighted by Gasteiger charge is -2.19. The van der Waals surface area contributed by atoms with E-state index in [-0.39, 0.29) is 30.8 Å². The lowest BCUT2D eigenvalue weighted by Crippen LogP contribution is -2.33. The van der Waals surface area contributed by atoms with Crippen LogP contribution in [-0.4, -0.2) is 49.9 Å². The van der Waals surface area contributed by atoms with Crippen molar-refractivity contribution in [3.8, 4) is 0 Å². The maximum Gasteiger partial charge on any atom is 0.238 e. The van der Waals surface area contributed by atoms with E-state index in [0.29, 0.717) is 17.9 Å². The van der Waals surface area contributed by atoms with Gasteiger partial charge in [0.2, 0.25) is 11.8 Å². The zero-order valence-corrected chi connectivity index (χ0v) is 15.0. The average Bonchev–Trinajstić information content (AvgIpc) is 2.76. The van der Waals surface area contributed by atoms with Gasteiger partial charge < -0.3 is 16.0 Å². The van der Waals surface area contributed by atoms with Gasteiger partial charge in [-0.25, -0.2) is 0 Å². The second kappa shape index (κ2) is 11.0. The van der Waals surface area contributed by atoms with Crippen LogP contribution in [0.2, 0.25) is 0 Å². The normalized spacial score (nSPS) is 15.0. The third kappa shape index (κ3) is 7.29. The number of carbonyl (C=O) groups is 2. The molecule has 1 aromatic carbocycles. The summed E-state index contributed by atoms with van der Waals surface area (Å²) >= 11 is 0. The van der Waals surface area contributed by atoms with E-state index in [1.165, 1.54) is 25.7 Å². The van der Waals surface area contributed by atoms with Gasteiger partial charge in [-0.05, 0) is 51.2 Å². The number of hydrogen-bond donors (Lipinski definition) is 3. The molecule has 7 heteroatoms. The number of anilines is 2. The van der Waals surface area contributed by atoms with Crippen molar-refractivity contribution in [3.63, 3.8) is 0 Å². The van der Waals surface area contributed by atoms with E-state index in [0.717, 1.165) is 13.1 Å². The highest BCUT2D eigenvalue weighted by atomic mass is 35.5. The SMILES string of the molecule is CNCC(=O)Nc1cccc(NC(=O)CN2CCCCCC2)c1.Cl. The first-order valence-electron chi connectivity index (χ1n) is 8.24. The van der Waals surface area contributed by atoms with Crippen LogP contribution in [0.25, 0.3) is 0 Å². The number of benzene rings is 1. The highest BCUT2D eigenvalue weighted by Crippen LogP contribution is 2.15. The molecule has 1 aromatic rings. The molecule has 1 saturated heterocycles. The summed E-state index contributed by atoms with van der Waals surface area (Å²) < 4.78 is 0. The quantitative estimate of drug-likeness (QED) is 0.731. The van der Waals surface area contributed by atoms with E-state index in [1.807, 2.05) is 12.1 Å². The van der Waals surface area contributed by atoms with Crippen LogP contribution in [0.3, 0.4) is 0 Å². The smallest absolute Gasteiger partial charge is 0.238 e. The van der Waals surface area contributed by atoms with E-state index in [1.54, 1.807) is 19.2 Å². The second-order valence-electron chi connectivity index (χ2n) is 5.90. The lowest BCUT2D eigenvalue weighted by molar-refractivity contribution is -0.117. The first kappa shape index (κ1) is 20.4. The molecule has 3 N–H and O–H groups in total. The fraction of sp³-hybridized carbons (Fsp3) is 0.529. The number of likely N-dealkylation sites (N-methyl/N-ethyl adjacent to an activating group) is 1. The van der Waals surface area contributed by atoms with Crippen LogP contribution in [0, 0.1) is 0 Å². The van der Waals surface area contributed by atoms with Crippen LogP contribution < -0.4 is 16.0 Å². The Morgan fingerprint density at radius 3 is 2.17 bits per heavy atom. The van der Waals surface area contributed by atoms with Crippen LogP contribution in [0.4, 0.5) is 11.4 Å². The van der Waals surface area contributed by atoms with Crippen LogP contribution in [0.5, 0.6) is 0 Å². The van der Waals surface area contributed by atoms with Gasteiger partial charge in [0.05, 0.1) is 13.1 Å². The Bertz CT molecular complexity index is 531. The number of nitrogens with one attached hydrogen (secondary N) is 3. The molecule has 0 unspecified atom stereocenters. The molecular formula is C17H27ClN4O2. The molecule has 24 heavy (non-hydrogen) atoms. The van der Waals surface area contributed by atoms with E-state index < -0.39 is 0 Å². The van der Waals surface area contributed by atoms with Crippen molar-refractivity contribution in [2.75, 3.05) is 43.9 Å². The highest BCUT2D eigenvalue weighted by Gasteiger charge is 2.13. The molecule has 1 aliphatic heterocycles. The van der Waals surface area contributed by atoms with Crippen molar-refractivity contribution in [2.45, 2.75) is 25.7 Å². The predicted octanol–water partition coefficient (Wildman–Crippen LogP) is 2.08. The minimum atomic E-state index is -0.111. The summed E-state index contributed by atoms with van der Waals surface area (Å²) in [7, 11) is 1.72. The number of nitrogens with zero attached hydrogens (tertiary/aromatic N) is 1. The standard InChI is InChI=1S/C17H26N4O2.ClH/c1-18-12-16(22)19-14-7-6-8-15(11-14)20-17(23)13-21-9-4-2-3-5-10-21;/h6-8,11,18H,2-5,9-10,12-13H2,1H3,(H,19,22)(H,20,23);1H. The van der Waals surface area contributed by atoms with Crippen LogP contribution in [0.1, 0.15) is 25.7 Å². The molecule has 0 atom stereocenters. The first-order chi connectivity index (χ1) is 11.2. The molecule has 0 radical (unpaired) electrons. The van der Waals surface area contributed by atoms with Crippen molar-refractivity contribution in [2.24, 2.45) is 0 Å². The molecule has 134 valence electrons. The molecule has 2 amide bonds. The number of hydrogen-bond acceptors (Lipinski definition) is 4. The zero-order valence-electron chi connectivity index (χ0n) is 14.1. The number of likely N-dealkylation sites (tertiary alicyclic amines) is 1. The minimum Gasteiger partial charge on any atom is -0.325 e. The Labute approximate surface area is 149 Å². The van der Waals surface area contributed by atoms with Gasteiger partial charge in [-0.1, -0.05) is 18.9 Å². The third-order valence-electron chi connectivity index (χ3n) is 3.83. The number of amides is 2. The van der Waals surface area contributed by atoms with Gasteiger partial charge in [-0.15, -0.1) is 12.4 Å². The van der Waals surface area contributed by atoms with E-state index in [9.17, 15) is 9.59 Å². The summed E-state index contributed by atoms with van der Waals surface area (Å²) in [6, 6.07) is 7.22. The van der Waals surface area contributed by atoms with Gasteiger partial charge in [0.1, 0.15) is 0 Å². The predicted molar refractivity (Wildman–Crippen MR) is 99.8 cm³/mol. The zero-order chi connectivity index (χ0) is 16.5. The van der Waals surface area contributed by atoms with E-state index >= 15 is 0 Å². The summed E-state index contributed by atoms with van der Waals surface area (Å²) in [6.45, 7) is 2.67. The monoisotopic (exact) mass is 354 g/mol. The Morgan fingerprint density at radius 1 is 1.00 bits per heavy atom. The third-order valence-corrected chi connectivity index (χ3v) is 3.83. The van der Waals surface area contributed by atoms with Gasteiger partial charge in [-0.2, -0.15) is 0 Å². The summed E-state index contributed by atoms with van der Waals surface area (Å²) in [4.78, 5) is 26.0. The Morgan fingerprint density at radius 2 is 1.58 bits per heavy atom. The largest absolute Gasteiger partial charge is 0.325 e. The summed E-state index contributed by atoms with van der Waals surface area (Å²) in [6.07, 6.45) is 4.85. The maximum absolute atomic E-state index is 12.2. The number of carbonyl (C=O) groups excluding carboxylic acids is 2. The average molecular weight is 355 g/mol. The van der Waals surface area contributed by atoms with Crippen molar-refractivity contribution in [1.82, 2.24) is 10.2 Å². The summed E-state index contributed by atoms with van der Waals surface area (Å²) in [5.74, 6) is -0.119. The van der Waals surface area contributed by atoms with Crippen molar-refractivity contribution in [1.29, 1.82) is 0 Å². The van der Waals surface area contributed by atoms with Crippen LogP contribution in [-0.2, 0) is 9.59 Å². The second-order valence-corrected chi connectivity index (χ2v) is 5.90. The molecule has 6 nitrogen and oxygen atoms in total. The van der Waals surface area contributed by atoms with Gasteiger partial charge in [-0.3, -0.25) is 14.5 Å². The molecule has 0 aliphatic carbocycles. The van der Waals surface area contributed by atoms with Gasteiger partial charge in [0.25, 0.3) is 0 Å². The fourth-order valence-corrected chi connectivity index (χ4v) is 2.74. The van der Waals surface area contributed by atoms with E-state index in [4.69, 9.17) is 0 Å². The summed E-state index contributed by atoms with van der Waals surface area (Å²) in [5.41, 5.74) is 1.38. The maximum atomic E-state index is 12.2. The molecule has 2 rings (SSSR count). The molecule has 1 fully saturated rings. The molecule has 0 bridgehead atoms. The molecule has 1 aliphatic rings. The van der Waals surface area contributed by atoms with Gasteiger partial charge in [0, 0.05) is 11.4 Å². The molecule has 0 aromatic heterocycles. The molecular weight excluding hydrogens is 328 g/mol. The van der Waals surface area contributed by atoms with Crippen LogP contribution in [0.15, 0.2) is 24.3 Å². The fourth-order valence-electron chi connectivity index (χ4n) is 2.74. The summed E-state index contributed by atoms with van der Waals surface area (Å²) in [5, 5.41) is 8.49. The number of rotatable bonds is 6. The molecule has 0 spiro atoms. The Hall–Kier alpha value is -1.63. The van der Waals surface area contributed by atoms with Crippen LogP contribution >= 0.6 is 12.4 Å². The minimum absolute atomic E-state index is 0. The topological polar surface area (TPSA) is 73.5 Å². The number of halogens is 1. The Kier molecular flexibility index (Phi) is 9.37. The Balaban J connectivity index is 0.00000288. The van der Waals surface area contributed by atoms with Gasteiger partial charge in [0.15, 0.2) is 0 Å². The van der Waals surface area contributed by atoms with E-state index in [2.05, 4.69) is 20.9 Å². The first-order valence-corrected chi connectivity index (χ1v) is 8.24. The van der Waals surface area contributed by atoms with Crippen molar-refractivity contribution in [3.05, 3.63) is 24.3 Å². The van der Waals surface area contributed by atoms with Gasteiger partial charge >= 0.3 is 0 Å². The molecule has 1 heterocycles.